The standard InChI is InChI=1S/C34H39N3O5/c1-23(2)31(32(39)40)35-30(38)20-34(16-18-37(19-17-34)21-24-10-4-3-5-11-24)36-33(41)42-22-29-27-14-8-6-12-25(27)26-13-7-9-15-28(26)29/h3-15,23,29,31H,16-22H2,1-2H3,(H,35,38)(H,36,41)(H,39,40)/t31-/m0/s1. The Morgan fingerprint density at radius 1 is 0.905 bits per heavy atom. The van der Waals surface area contributed by atoms with E-state index in [0.29, 0.717) is 25.9 Å². The monoisotopic (exact) mass is 569 g/mol. The molecule has 3 aromatic rings. The average Bonchev–Trinajstić information content (AvgIpc) is 3.30. The number of rotatable bonds is 10. The summed E-state index contributed by atoms with van der Waals surface area (Å²) < 4.78 is 5.84. The number of carbonyl (C=O) groups is 3. The van der Waals surface area contributed by atoms with E-state index in [0.717, 1.165) is 28.8 Å². The van der Waals surface area contributed by atoms with Gasteiger partial charge in [-0.2, -0.15) is 0 Å². The van der Waals surface area contributed by atoms with Crippen molar-refractivity contribution < 1.29 is 24.2 Å². The Morgan fingerprint density at radius 3 is 2.05 bits per heavy atom. The van der Waals surface area contributed by atoms with Gasteiger partial charge in [0.05, 0.1) is 5.54 Å². The van der Waals surface area contributed by atoms with Gasteiger partial charge in [-0.1, -0.05) is 92.7 Å². The maximum Gasteiger partial charge on any atom is 0.407 e. The Labute approximate surface area is 247 Å². The normalized spacial score (nSPS) is 16.7. The van der Waals surface area contributed by atoms with Gasteiger partial charge in [0.25, 0.3) is 0 Å². The first-order chi connectivity index (χ1) is 20.2. The van der Waals surface area contributed by atoms with Crippen LogP contribution in [0.4, 0.5) is 4.79 Å². The van der Waals surface area contributed by atoms with Crippen molar-refractivity contribution in [3.05, 3.63) is 95.6 Å². The van der Waals surface area contributed by atoms with Crippen molar-refractivity contribution in [2.24, 2.45) is 5.92 Å². The molecule has 5 rings (SSSR count). The molecule has 8 nitrogen and oxygen atoms in total. The molecule has 1 heterocycles. The minimum Gasteiger partial charge on any atom is -0.480 e. The number of benzene rings is 3. The molecule has 2 amide bonds. The molecular formula is C34H39N3O5. The van der Waals surface area contributed by atoms with Crippen molar-refractivity contribution in [3.8, 4) is 11.1 Å². The van der Waals surface area contributed by atoms with Gasteiger partial charge in [0.2, 0.25) is 5.91 Å². The largest absolute Gasteiger partial charge is 0.480 e. The van der Waals surface area contributed by atoms with Gasteiger partial charge >= 0.3 is 12.1 Å². The summed E-state index contributed by atoms with van der Waals surface area (Å²) in [4.78, 5) is 40.5. The van der Waals surface area contributed by atoms with Gasteiger partial charge in [-0.15, -0.1) is 0 Å². The fraction of sp³-hybridized carbons (Fsp3) is 0.382. The fourth-order valence-electron chi connectivity index (χ4n) is 6.22. The third-order valence-electron chi connectivity index (χ3n) is 8.52. The molecule has 0 aromatic heterocycles. The molecule has 1 atom stereocenters. The highest BCUT2D eigenvalue weighted by Gasteiger charge is 2.40. The van der Waals surface area contributed by atoms with Gasteiger partial charge in [0.15, 0.2) is 0 Å². The highest BCUT2D eigenvalue weighted by molar-refractivity contribution is 5.85. The van der Waals surface area contributed by atoms with Gasteiger partial charge in [0, 0.05) is 32.0 Å². The number of carbonyl (C=O) groups excluding carboxylic acids is 2. The molecule has 0 bridgehead atoms. The number of aliphatic carboxylic acids is 1. The number of amides is 2. The lowest BCUT2D eigenvalue weighted by molar-refractivity contribution is -0.143. The molecule has 1 aliphatic carbocycles. The fourth-order valence-corrected chi connectivity index (χ4v) is 6.22. The third-order valence-corrected chi connectivity index (χ3v) is 8.52. The van der Waals surface area contributed by atoms with Gasteiger partial charge in [-0.25, -0.2) is 9.59 Å². The second-order valence-electron chi connectivity index (χ2n) is 11.8. The molecule has 42 heavy (non-hydrogen) atoms. The van der Waals surface area contributed by atoms with Crippen LogP contribution in [0.25, 0.3) is 11.1 Å². The smallest absolute Gasteiger partial charge is 0.407 e. The molecule has 3 aromatic carbocycles. The minimum atomic E-state index is -1.07. The predicted octanol–water partition coefficient (Wildman–Crippen LogP) is 5.18. The number of carboxylic acids is 1. The average molecular weight is 570 g/mol. The lowest BCUT2D eigenvalue weighted by Gasteiger charge is -2.42. The van der Waals surface area contributed by atoms with Crippen molar-refractivity contribution in [3.63, 3.8) is 0 Å². The Bertz CT molecular complexity index is 1370. The number of carboxylic acid groups (broad SMARTS) is 1. The number of nitrogens with zero attached hydrogens (tertiary/aromatic N) is 1. The summed E-state index contributed by atoms with van der Waals surface area (Å²) in [5, 5.41) is 15.3. The van der Waals surface area contributed by atoms with Gasteiger partial charge < -0.3 is 20.5 Å². The lowest BCUT2D eigenvalue weighted by Crippen LogP contribution is -2.58. The van der Waals surface area contributed by atoms with Crippen LogP contribution in [0.2, 0.25) is 0 Å². The summed E-state index contributed by atoms with van der Waals surface area (Å²) in [5.74, 6) is -1.82. The summed E-state index contributed by atoms with van der Waals surface area (Å²) >= 11 is 0. The number of hydrogen-bond donors (Lipinski definition) is 3. The van der Waals surface area contributed by atoms with Crippen LogP contribution in [0.15, 0.2) is 78.9 Å². The summed E-state index contributed by atoms with van der Waals surface area (Å²) in [6.45, 7) is 5.83. The summed E-state index contributed by atoms with van der Waals surface area (Å²) in [5.41, 5.74) is 4.91. The number of nitrogens with one attached hydrogen (secondary N) is 2. The quantitative estimate of drug-likeness (QED) is 0.311. The molecule has 2 aliphatic rings. The van der Waals surface area contributed by atoms with E-state index in [1.165, 1.54) is 5.56 Å². The lowest BCUT2D eigenvalue weighted by atomic mass is 9.83. The Balaban J connectivity index is 1.27. The molecule has 0 radical (unpaired) electrons. The van der Waals surface area contributed by atoms with Crippen LogP contribution >= 0.6 is 0 Å². The number of likely N-dealkylation sites (tertiary alicyclic amines) is 1. The van der Waals surface area contributed by atoms with Gasteiger partial charge in [0.1, 0.15) is 12.6 Å². The summed E-state index contributed by atoms with van der Waals surface area (Å²) in [6.07, 6.45) is 0.487. The van der Waals surface area contributed by atoms with E-state index in [1.54, 1.807) is 13.8 Å². The molecule has 1 saturated heterocycles. The van der Waals surface area contributed by atoms with Crippen LogP contribution in [0.1, 0.15) is 55.7 Å². The van der Waals surface area contributed by atoms with E-state index in [-0.39, 0.29) is 24.9 Å². The van der Waals surface area contributed by atoms with Crippen LogP contribution in [0.5, 0.6) is 0 Å². The number of hydrogen-bond acceptors (Lipinski definition) is 5. The summed E-state index contributed by atoms with van der Waals surface area (Å²) in [7, 11) is 0. The minimum absolute atomic E-state index is 0.0210. The van der Waals surface area contributed by atoms with Crippen molar-refractivity contribution in [1.82, 2.24) is 15.5 Å². The first-order valence-corrected chi connectivity index (χ1v) is 14.7. The first-order valence-electron chi connectivity index (χ1n) is 14.7. The number of ether oxygens (including phenoxy) is 1. The van der Waals surface area contributed by atoms with E-state index in [1.807, 2.05) is 42.5 Å². The predicted molar refractivity (Wildman–Crippen MR) is 161 cm³/mol. The molecule has 220 valence electrons. The molecule has 3 N–H and O–H groups in total. The highest BCUT2D eigenvalue weighted by Crippen LogP contribution is 2.44. The van der Waals surface area contributed by atoms with Crippen molar-refractivity contribution >= 4 is 18.0 Å². The van der Waals surface area contributed by atoms with Gasteiger partial charge in [-0.05, 0) is 46.6 Å². The van der Waals surface area contributed by atoms with Crippen LogP contribution in [-0.4, -0.2) is 59.3 Å². The second-order valence-corrected chi connectivity index (χ2v) is 11.8. The van der Waals surface area contributed by atoms with Crippen molar-refractivity contribution in [1.29, 1.82) is 0 Å². The maximum atomic E-state index is 13.3. The van der Waals surface area contributed by atoms with Crippen LogP contribution < -0.4 is 10.6 Å². The molecule has 1 aliphatic heterocycles. The molecule has 1 fully saturated rings. The van der Waals surface area contributed by atoms with Crippen molar-refractivity contribution in [2.45, 2.75) is 57.2 Å². The summed E-state index contributed by atoms with van der Waals surface area (Å²) in [6, 6.07) is 25.5. The van der Waals surface area contributed by atoms with E-state index < -0.39 is 29.6 Å². The SMILES string of the molecule is CC(C)[C@H](NC(=O)CC1(NC(=O)OCC2c3ccccc3-c3ccccc32)CCN(Cc2ccccc2)CC1)C(=O)O. The molecule has 0 spiro atoms. The van der Waals surface area contributed by atoms with Crippen LogP contribution in [0.3, 0.4) is 0 Å². The maximum absolute atomic E-state index is 13.3. The third kappa shape index (κ3) is 6.65. The second kappa shape index (κ2) is 12.8. The Kier molecular flexibility index (Phi) is 8.92. The van der Waals surface area contributed by atoms with Crippen LogP contribution in [-0.2, 0) is 20.9 Å². The first kappa shape index (κ1) is 29.3. The zero-order chi connectivity index (χ0) is 29.7. The van der Waals surface area contributed by atoms with E-state index in [9.17, 15) is 19.5 Å². The zero-order valence-electron chi connectivity index (χ0n) is 24.2. The topological polar surface area (TPSA) is 108 Å². The molecule has 0 unspecified atom stereocenters. The van der Waals surface area contributed by atoms with E-state index >= 15 is 0 Å². The van der Waals surface area contributed by atoms with Crippen LogP contribution in [0, 0.1) is 5.92 Å². The molecule has 0 saturated carbocycles. The Hall–Kier alpha value is -4.17. The Morgan fingerprint density at radius 2 is 1.48 bits per heavy atom. The van der Waals surface area contributed by atoms with Gasteiger partial charge in [-0.3, -0.25) is 9.69 Å². The zero-order valence-corrected chi connectivity index (χ0v) is 24.2. The van der Waals surface area contributed by atoms with E-state index in [4.69, 9.17) is 4.74 Å². The van der Waals surface area contributed by atoms with Crippen molar-refractivity contribution in [2.75, 3.05) is 19.7 Å². The number of piperidine rings is 1. The molecular weight excluding hydrogens is 530 g/mol. The molecule has 8 heteroatoms. The van der Waals surface area contributed by atoms with E-state index in [2.05, 4.69) is 51.9 Å². The number of fused-ring (bicyclic) bond motifs is 3. The number of alkyl carbamates (subject to hydrolysis) is 1. The highest BCUT2D eigenvalue weighted by atomic mass is 16.5.